The Morgan fingerprint density at radius 2 is 2.08 bits per heavy atom. The SMILES string of the molecule is CSc1ccc(C(=O)OCC(=O)NCCN2C(=O)CSC2=S)cc1. The van der Waals surface area contributed by atoms with Gasteiger partial charge in [-0.2, -0.15) is 0 Å². The molecule has 6 nitrogen and oxygen atoms in total. The molecule has 2 amide bonds. The number of esters is 1. The molecule has 1 heterocycles. The van der Waals surface area contributed by atoms with E-state index in [2.05, 4.69) is 5.32 Å². The Bertz CT molecular complexity index is 633. The molecule has 0 radical (unpaired) electrons. The molecule has 1 aromatic carbocycles. The van der Waals surface area contributed by atoms with Gasteiger partial charge in [0.2, 0.25) is 5.91 Å². The van der Waals surface area contributed by atoms with Gasteiger partial charge in [-0.25, -0.2) is 4.79 Å². The van der Waals surface area contributed by atoms with Crippen LogP contribution in [0.3, 0.4) is 0 Å². The van der Waals surface area contributed by atoms with E-state index < -0.39 is 11.9 Å². The zero-order valence-electron chi connectivity index (χ0n) is 12.9. The van der Waals surface area contributed by atoms with Crippen molar-refractivity contribution in [1.29, 1.82) is 0 Å². The number of nitrogens with zero attached hydrogens (tertiary/aromatic N) is 1. The molecule has 1 saturated heterocycles. The van der Waals surface area contributed by atoms with Crippen LogP contribution in [0.5, 0.6) is 0 Å². The number of carbonyl (C=O) groups excluding carboxylic acids is 3. The fourth-order valence-corrected chi connectivity index (χ4v) is 3.43. The van der Waals surface area contributed by atoms with E-state index in [0.717, 1.165) is 4.90 Å². The van der Waals surface area contributed by atoms with Gasteiger partial charge in [0.15, 0.2) is 6.61 Å². The number of thiocarbonyl (C=S) groups is 1. The minimum Gasteiger partial charge on any atom is -0.452 e. The molecule has 0 bridgehead atoms. The summed E-state index contributed by atoms with van der Waals surface area (Å²) in [5, 5.41) is 2.59. The van der Waals surface area contributed by atoms with Crippen molar-refractivity contribution in [3.05, 3.63) is 29.8 Å². The van der Waals surface area contributed by atoms with Gasteiger partial charge in [0, 0.05) is 18.0 Å². The number of hydrogen-bond acceptors (Lipinski definition) is 7. The number of benzene rings is 1. The standard InChI is InChI=1S/C15H16N2O4S3/c1-23-11-4-2-10(3-5-11)14(20)21-8-12(18)16-6-7-17-13(19)9-24-15(17)22/h2-5H,6-9H2,1H3,(H,16,18). The summed E-state index contributed by atoms with van der Waals surface area (Å²) in [4.78, 5) is 37.5. The van der Waals surface area contributed by atoms with Crippen molar-refractivity contribution < 1.29 is 19.1 Å². The molecule has 128 valence electrons. The van der Waals surface area contributed by atoms with Gasteiger partial charge < -0.3 is 10.1 Å². The molecule has 0 atom stereocenters. The highest BCUT2D eigenvalue weighted by Gasteiger charge is 2.25. The average Bonchev–Trinajstić information content (AvgIpc) is 2.91. The summed E-state index contributed by atoms with van der Waals surface area (Å²) < 4.78 is 5.48. The fraction of sp³-hybridized carbons (Fsp3) is 0.333. The van der Waals surface area contributed by atoms with Gasteiger partial charge in [0.1, 0.15) is 4.32 Å². The van der Waals surface area contributed by atoms with Gasteiger partial charge >= 0.3 is 5.97 Å². The quantitative estimate of drug-likeness (QED) is 0.434. The van der Waals surface area contributed by atoms with E-state index in [-0.39, 0.29) is 19.1 Å². The number of nitrogens with one attached hydrogen (secondary N) is 1. The second-order valence-electron chi connectivity index (χ2n) is 4.75. The highest BCUT2D eigenvalue weighted by atomic mass is 32.2. The van der Waals surface area contributed by atoms with Crippen LogP contribution in [-0.4, -0.2) is 58.7 Å². The molecule has 24 heavy (non-hydrogen) atoms. The van der Waals surface area contributed by atoms with Gasteiger partial charge in [-0.3, -0.25) is 14.5 Å². The first-order valence-electron chi connectivity index (χ1n) is 7.06. The minimum atomic E-state index is -0.551. The highest BCUT2D eigenvalue weighted by molar-refractivity contribution is 8.23. The van der Waals surface area contributed by atoms with Crippen LogP contribution in [0.4, 0.5) is 0 Å². The number of amides is 2. The van der Waals surface area contributed by atoms with E-state index in [4.69, 9.17) is 17.0 Å². The van der Waals surface area contributed by atoms with Crippen LogP contribution in [0, 0.1) is 0 Å². The largest absolute Gasteiger partial charge is 0.452 e. The van der Waals surface area contributed by atoms with Crippen molar-refractivity contribution in [1.82, 2.24) is 10.2 Å². The highest BCUT2D eigenvalue weighted by Crippen LogP contribution is 2.18. The summed E-state index contributed by atoms with van der Waals surface area (Å²) in [6.07, 6.45) is 1.94. The maximum atomic E-state index is 11.8. The molecule has 1 fully saturated rings. The van der Waals surface area contributed by atoms with E-state index in [1.54, 1.807) is 23.9 Å². The van der Waals surface area contributed by atoms with Crippen molar-refractivity contribution in [2.75, 3.05) is 31.7 Å². The van der Waals surface area contributed by atoms with Crippen LogP contribution in [0.15, 0.2) is 29.2 Å². The van der Waals surface area contributed by atoms with Gasteiger partial charge in [0.25, 0.3) is 5.91 Å². The maximum Gasteiger partial charge on any atom is 0.338 e. The molecule has 2 rings (SSSR count). The third kappa shape index (κ3) is 5.22. The molecule has 1 aliphatic heterocycles. The van der Waals surface area contributed by atoms with E-state index in [1.807, 2.05) is 18.4 Å². The normalized spacial score (nSPS) is 14.0. The molecule has 0 aromatic heterocycles. The Morgan fingerprint density at radius 1 is 1.38 bits per heavy atom. The Balaban J connectivity index is 1.69. The molecule has 0 aliphatic carbocycles. The zero-order chi connectivity index (χ0) is 17.5. The third-order valence-corrected chi connectivity index (χ3v) is 5.33. The molecular weight excluding hydrogens is 368 g/mol. The molecule has 1 N–H and O–H groups in total. The van der Waals surface area contributed by atoms with Gasteiger partial charge in [-0.05, 0) is 30.5 Å². The molecule has 1 aliphatic rings. The number of rotatable bonds is 7. The van der Waals surface area contributed by atoms with E-state index in [9.17, 15) is 14.4 Å². The molecule has 0 spiro atoms. The van der Waals surface area contributed by atoms with E-state index >= 15 is 0 Å². The molecule has 0 saturated carbocycles. The lowest BCUT2D eigenvalue weighted by Crippen LogP contribution is -2.38. The smallest absolute Gasteiger partial charge is 0.338 e. The maximum absolute atomic E-state index is 11.8. The second kappa shape index (κ2) is 9.05. The lowest BCUT2D eigenvalue weighted by molar-refractivity contribution is -0.126. The Labute approximate surface area is 153 Å². The first kappa shape index (κ1) is 18.8. The fourth-order valence-electron chi connectivity index (χ4n) is 1.90. The molecule has 1 aromatic rings. The second-order valence-corrected chi connectivity index (χ2v) is 7.24. The van der Waals surface area contributed by atoms with Crippen LogP contribution in [0.2, 0.25) is 0 Å². The number of hydrogen-bond donors (Lipinski definition) is 1. The van der Waals surface area contributed by atoms with Gasteiger partial charge in [0.05, 0.1) is 11.3 Å². The van der Waals surface area contributed by atoms with Crippen molar-refractivity contribution >= 4 is 57.8 Å². The zero-order valence-corrected chi connectivity index (χ0v) is 15.4. The summed E-state index contributed by atoms with van der Waals surface area (Å²) in [6.45, 7) is 0.210. The monoisotopic (exact) mass is 384 g/mol. The van der Waals surface area contributed by atoms with Gasteiger partial charge in [-0.1, -0.05) is 24.0 Å². The van der Waals surface area contributed by atoms with Crippen molar-refractivity contribution in [2.24, 2.45) is 0 Å². The van der Waals surface area contributed by atoms with Crippen LogP contribution < -0.4 is 5.32 Å². The molecule has 0 unspecified atom stereocenters. The van der Waals surface area contributed by atoms with Crippen LogP contribution in [0.25, 0.3) is 0 Å². The molecule has 9 heteroatoms. The molecular formula is C15H16N2O4S3. The summed E-state index contributed by atoms with van der Waals surface area (Å²) in [5.74, 6) is -0.682. The van der Waals surface area contributed by atoms with Crippen LogP contribution >= 0.6 is 35.7 Å². The summed E-state index contributed by atoms with van der Waals surface area (Å²) in [7, 11) is 0. The predicted octanol–water partition coefficient (Wildman–Crippen LogP) is 1.54. The lowest BCUT2D eigenvalue weighted by atomic mass is 10.2. The van der Waals surface area contributed by atoms with Crippen LogP contribution in [-0.2, 0) is 14.3 Å². The Morgan fingerprint density at radius 3 is 2.67 bits per heavy atom. The van der Waals surface area contributed by atoms with E-state index in [0.29, 0.717) is 22.2 Å². The van der Waals surface area contributed by atoms with Crippen molar-refractivity contribution in [2.45, 2.75) is 4.90 Å². The predicted molar refractivity (Wildman–Crippen MR) is 98.3 cm³/mol. The minimum absolute atomic E-state index is 0.0561. The third-order valence-electron chi connectivity index (χ3n) is 3.16. The van der Waals surface area contributed by atoms with Crippen molar-refractivity contribution in [3.63, 3.8) is 0 Å². The van der Waals surface area contributed by atoms with Gasteiger partial charge in [-0.15, -0.1) is 11.8 Å². The first-order valence-corrected chi connectivity index (χ1v) is 9.68. The first-order chi connectivity index (χ1) is 11.5. The summed E-state index contributed by atoms with van der Waals surface area (Å²) in [6, 6.07) is 6.94. The van der Waals surface area contributed by atoms with Crippen LogP contribution in [0.1, 0.15) is 10.4 Å². The summed E-state index contributed by atoms with van der Waals surface area (Å²) in [5.41, 5.74) is 0.394. The Hall–Kier alpha value is -1.58. The Kier molecular flexibility index (Phi) is 7.07. The van der Waals surface area contributed by atoms with Crippen molar-refractivity contribution in [3.8, 4) is 0 Å². The van der Waals surface area contributed by atoms with E-state index in [1.165, 1.54) is 16.7 Å². The number of ether oxygens (including phenoxy) is 1. The topological polar surface area (TPSA) is 75.7 Å². The number of thioether (sulfide) groups is 2. The average molecular weight is 385 g/mol. The lowest BCUT2D eigenvalue weighted by Gasteiger charge is -2.15. The summed E-state index contributed by atoms with van der Waals surface area (Å²) >= 11 is 7.92. The number of carbonyl (C=O) groups is 3.